The standard InChI is InChI=1S/C7H10FNO5/c1-3(10)9-5(7(13)14)2-4(8)6(11)12/h4-5H,2H2,1H3,(H,9,10)(H,11,12)(H,13,14)/t4-,5-/m0/s1. The number of nitrogens with one attached hydrogen (secondary N) is 1. The lowest BCUT2D eigenvalue weighted by Gasteiger charge is -2.13. The summed E-state index contributed by atoms with van der Waals surface area (Å²) < 4.78 is 12.6. The van der Waals surface area contributed by atoms with Crippen LogP contribution in [0, 0.1) is 0 Å². The van der Waals surface area contributed by atoms with Gasteiger partial charge < -0.3 is 15.5 Å². The average Bonchev–Trinajstić information content (AvgIpc) is 2.01. The molecule has 0 spiro atoms. The smallest absolute Gasteiger partial charge is 0.338 e. The third kappa shape index (κ3) is 4.39. The first-order chi connectivity index (χ1) is 6.34. The first-order valence-electron chi connectivity index (χ1n) is 3.71. The second-order valence-electron chi connectivity index (χ2n) is 2.63. The zero-order valence-electron chi connectivity index (χ0n) is 7.36. The van der Waals surface area contributed by atoms with Crippen LogP contribution in [0.2, 0.25) is 0 Å². The minimum atomic E-state index is -2.30. The van der Waals surface area contributed by atoms with Crippen molar-refractivity contribution in [1.82, 2.24) is 5.32 Å². The number of carboxylic acid groups (broad SMARTS) is 2. The monoisotopic (exact) mass is 207 g/mol. The first-order valence-corrected chi connectivity index (χ1v) is 3.71. The van der Waals surface area contributed by atoms with Crippen molar-refractivity contribution < 1.29 is 29.0 Å². The van der Waals surface area contributed by atoms with Gasteiger partial charge in [-0.05, 0) is 0 Å². The van der Waals surface area contributed by atoms with E-state index >= 15 is 0 Å². The van der Waals surface area contributed by atoms with E-state index in [2.05, 4.69) is 0 Å². The van der Waals surface area contributed by atoms with Gasteiger partial charge in [-0.1, -0.05) is 0 Å². The van der Waals surface area contributed by atoms with Crippen LogP contribution in [0.5, 0.6) is 0 Å². The summed E-state index contributed by atoms with van der Waals surface area (Å²) in [6, 6.07) is -1.52. The highest BCUT2D eigenvalue weighted by Crippen LogP contribution is 2.03. The van der Waals surface area contributed by atoms with Crippen molar-refractivity contribution in [3.8, 4) is 0 Å². The van der Waals surface area contributed by atoms with Crippen LogP contribution in [0.25, 0.3) is 0 Å². The van der Waals surface area contributed by atoms with E-state index in [1.807, 2.05) is 5.32 Å². The second-order valence-corrected chi connectivity index (χ2v) is 2.63. The van der Waals surface area contributed by atoms with Gasteiger partial charge in [0.2, 0.25) is 5.91 Å². The number of carbonyl (C=O) groups excluding carboxylic acids is 1. The first kappa shape index (κ1) is 12.3. The van der Waals surface area contributed by atoms with Gasteiger partial charge in [0.25, 0.3) is 0 Å². The lowest BCUT2D eigenvalue weighted by Crippen LogP contribution is -2.42. The van der Waals surface area contributed by atoms with Crippen LogP contribution in [-0.4, -0.2) is 40.3 Å². The number of amides is 1. The van der Waals surface area contributed by atoms with Crippen molar-refractivity contribution in [3.05, 3.63) is 0 Å². The van der Waals surface area contributed by atoms with E-state index in [-0.39, 0.29) is 0 Å². The third-order valence-electron chi connectivity index (χ3n) is 1.39. The number of halogens is 1. The van der Waals surface area contributed by atoms with Gasteiger partial charge in [0.05, 0.1) is 0 Å². The average molecular weight is 207 g/mol. The van der Waals surface area contributed by atoms with Gasteiger partial charge in [-0.15, -0.1) is 0 Å². The highest BCUT2D eigenvalue weighted by molar-refractivity contribution is 5.83. The molecule has 0 aromatic carbocycles. The molecule has 0 aromatic heterocycles. The summed E-state index contributed by atoms with van der Waals surface area (Å²) in [5, 5.41) is 18.6. The Hall–Kier alpha value is -1.66. The van der Waals surface area contributed by atoms with Gasteiger partial charge in [-0.25, -0.2) is 14.0 Å². The van der Waals surface area contributed by atoms with Crippen molar-refractivity contribution in [2.45, 2.75) is 25.6 Å². The van der Waals surface area contributed by atoms with Crippen LogP contribution in [-0.2, 0) is 14.4 Å². The number of hydrogen-bond acceptors (Lipinski definition) is 3. The van der Waals surface area contributed by atoms with Gasteiger partial charge in [0.15, 0.2) is 6.17 Å². The van der Waals surface area contributed by atoms with Gasteiger partial charge >= 0.3 is 11.9 Å². The molecule has 0 saturated carbocycles. The van der Waals surface area contributed by atoms with E-state index in [9.17, 15) is 18.8 Å². The molecule has 80 valence electrons. The molecule has 0 aliphatic heterocycles. The summed E-state index contributed by atoms with van der Waals surface area (Å²) in [4.78, 5) is 30.9. The summed E-state index contributed by atoms with van der Waals surface area (Å²) in [6.45, 7) is 1.06. The van der Waals surface area contributed by atoms with Crippen LogP contribution in [0.3, 0.4) is 0 Å². The molecule has 0 radical (unpaired) electrons. The van der Waals surface area contributed by atoms with Crippen molar-refractivity contribution in [2.24, 2.45) is 0 Å². The molecule has 0 saturated heterocycles. The molecule has 0 heterocycles. The highest BCUT2D eigenvalue weighted by atomic mass is 19.1. The molecule has 0 aliphatic rings. The Morgan fingerprint density at radius 1 is 1.29 bits per heavy atom. The van der Waals surface area contributed by atoms with Crippen molar-refractivity contribution in [2.75, 3.05) is 0 Å². The van der Waals surface area contributed by atoms with E-state index in [0.717, 1.165) is 6.92 Å². The van der Waals surface area contributed by atoms with E-state index in [1.54, 1.807) is 0 Å². The van der Waals surface area contributed by atoms with Gasteiger partial charge in [-0.2, -0.15) is 0 Å². The molecule has 0 fully saturated rings. The van der Waals surface area contributed by atoms with Crippen molar-refractivity contribution in [1.29, 1.82) is 0 Å². The van der Waals surface area contributed by atoms with Gasteiger partial charge in [0.1, 0.15) is 6.04 Å². The van der Waals surface area contributed by atoms with Gasteiger partial charge in [-0.3, -0.25) is 4.79 Å². The summed E-state index contributed by atoms with van der Waals surface area (Å²) in [5.74, 6) is -3.87. The topological polar surface area (TPSA) is 104 Å². The number of carboxylic acids is 2. The molecule has 0 unspecified atom stereocenters. The summed E-state index contributed by atoms with van der Waals surface area (Å²) >= 11 is 0. The number of aliphatic carboxylic acids is 2. The number of hydrogen-bond donors (Lipinski definition) is 3. The molecule has 0 bridgehead atoms. The van der Waals surface area contributed by atoms with Crippen molar-refractivity contribution >= 4 is 17.8 Å². The SMILES string of the molecule is CC(=O)N[C@@H](C[C@H](F)C(=O)O)C(=O)O. The normalized spacial score (nSPS) is 14.1. The minimum absolute atomic E-state index is 0.657. The molecular formula is C7H10FNO5. The fraction of sp³-hybridized carbons (Fsp3) is 0.571. The lowest BCUT2D eigenvalue weighted by molar-refractivity contribution is -0.146. The molecular weight excluding hydrogens is 197 g/mol. The maximum atomic E-state index is 12.6. The zero-order chi connectivity index (χ0) is 11.3. The van der Waals surface area contributed by atoms with E-state index < -0.39 is 36.5 Å². The van der Waals surface area contributed by atoms with Crippen LogP contribution in [0.1, 0.15) is 13.3 Å². The van der Waals surface area contributed by atoms with Crippen LogP contribution in [0.15, 0.2) is 0 Å². The minimum Gasteiger partial charge on any atom is -0.480 e. The molecule has 7 heteroatoms. The predicted molar refractivity (Wildman–Crippen MR) is 42.4 cm³/mol. The molecule has 0 aliphatic carbocycles. The molecule has 14 heavy (non-hydrogen) atoms. The van der Waals surface area contributed by atoms with E-state index in [1.165, 1.54) is 0 Å². The number of alkyl halides is 1. The third-order valence-corrected chi connectivity index (χ3v) is 1.39. The Balaban J connectivity index is 4.30. The van der Waals surface area contributed by atoms with Crippen LogP contribution >= 0.6 is 0 Å². The predicted octanol–water partition coefficient (Wildman–Crippen LogP) is -0.611. The Morgan fingerprint density at radius 2 is 1.79 bits per heavy atom. The second kappa shape index (κ2) is 5.15. The number of carbonyl (C=O) groups is 3. The largest absolute Gasteiger partial charge is 0.480 e. The number of rotatable bonds is 5. The fourth-order valence-electron chi connectivity index (χ4n) is 0.775. The summed E-state index contributed by atoms with van der Waals surface area (Å²) in [7, 11) is 0. The van der Waals surface area contributed by atoms with Crippen molar-refractivity contribution in [3.63, 3.8) is 0 Å². The molecule has 3 N–H and O–H groups in total. The Labute approximate surface area is 78.7 Å². The maximum absolute atomic E-state index is 12.6. The molecule has 0 rings (SSSR count). The molecule has 2 atom stereocenters. The van der Waals surface area contributed by atoms with Gasteiger partial charge in [0, 0.05) is 13.3 Å². The maximum Gasteiger partial charge on any atom is 0.338 e. The quantitative estimate of drug-likeness (QED) is 0.557. The fourth-order valence-corrected chi connectivity index (χ4v) is 0.775. The van der Waals surface area contributed by atoms with Crippen LogP contribution in [0.4, 0.5) is 4.39 Å². The Morgan fingerprint density at radius 3 is 2.07 bits per heavy atom. The van der Waals surface area contributed by atoms with E-state index in [4.69, 9.17) is 10.2 Å². The lowest BCUT2D eigenvalue weighted by atomic mass is 10.1. The van der Waals surface area contributed by atoms with E-state index in [0.29, 0.717) is 0 Å². The molecule has 1 amide bonds. The summed E-state index contributed by atoms with van der Waals surface area (Å²) in [6.07, 6.45) is -3.09. The highest BCUT2D eigenvalue weighted by Gasteiger charge is 2.27. The molecule has 0 aromatic rings. The summed E-state index contributed by atoms with van der Waals surface area (Å²) in [5.41, 5.74) is 0. The Bertz CT molecular complexity index is 254. The molecule has 6 nitrogen and oxygen atoms in total. The van der Waals surface area contributed by atoms with Crippen LogP contribution < -0.4 is 5.32 Å². The Kier molecular flexibility index (Phi) is 4.54. The zero-order valence-corrected chi connectivity index (χ0v) is 7.36.